The molecule has 18 heavy (non-hydrogen) atoms. The minimum Gasteiger partial charge on any atom is -0.504 e. The maximum absolute atomic E-state index is 9.48. The number of phenolic OH excluding ortho intramolecular Hbond substituents is 2. The molecule has 3 nitrogen and oxygen atoms in total. The molecule has 90 valence electrons. The third-order valence-electron chi connectivity index (χ3n) is 2.51. The molecule has 2 aromatic heterocycles. The van der Waals surface area contributed by atoms with E-state index in [-0.39, 0.29) is 11.5 Å². The lowest BCUT2D eigenvalue weighted by Crippen LogP contribution is -1.78. The molecule has 0 spiro atoms. The molecule has 5 heteroatoms. The summed E-state index contributed by atoms with van der Waals surface area (Å²) in [6.45, 7) is 0. The van der Waals surface area contributed by atoms with Gasteiger partial charge in [-0.3, -0.25) is 0 Å². The molecular formula is C13H9NO2S2. The number of aromatic nitrogens is 1. The highest BCUT2D eigenvalue weighted by Crippen LogP contribution is 2.34. The first kappa shape index (κ1) is 11.3. The van der Waals surface area contributed by atoms with E-state index in [4.69, 9.17) is 0 Å². The number of nitrogens with zero attached hydrogens (tertiary/aromatic N) is 1. The Morgan fingerprint density at radius 3 is 2.61 bits per heavy atom. The van der Waals surface area contributed by atoms with Gasteiger partial charge < -0.3 is 10.2 Å². The summed E-state index contributed by atoms with van der Waals surface area (Å²) in [4.78, 5) is 5.66. The standard InChI is InChI=1S/C13H9NO2S2/c15-10-4-3-8(6-11(10)16)9-7-18-13(14-9)12-2-1-5-17-12/h1-7,15-16H. The van der Waals surface area contributed by atoms with Crippen LogP contribution in [0.5, 0.6) is 11.5 Å². The Bertz CT molecular complexity index is 674. The van der Waals surface area contributed by atoms with Gasteiger partial charge in [0.1, 0.15) is 5.01 Å². The first-order chi connectivity index (χ1) is 8.74. The summed E-state index contributed by atoms with van der Waals surface area (Å²) in [5.41, 5.74) is 1.60. The second kappa shape index (κ2) is 4.44. The molecule has 0 aliphatic heterocycles. The van der Waals surface area contributed by atoms with E-state index in [1.807, 2.05) is 22.9 Å². The Kier molecular flexibility index (Phi) is 2.77. The Morgan fingerprint density at radius 2 is 1.89 bits per heavy atom. The highest BCUT2D eigenvalue weighted by atomic mass is 32.1. The van der Waals surface area contributed by atoms with Crippen LogP contribution in [-0.2, 0) is 0 Å². The van der Waals surface area contributed by atoms with Crippen molar-refractivity contribution in [3.05, 3.63) is 41.1 Å². The molecule has 0 radical (unpaired) electrons. The van der Waals surface area contributed by atoms with E-state index in [1.165, 1.54) is 12.1 Å². The molecule has 0 bridgehead atoms. The molecule has 3 aromatic rings. The number of aromatic hydroxyl groups is 2. The number of rotatable bonds is 2. The van der Waals surface area contributed by atoms with Crippen molar-refractivity contribution in [2.45, 2.75) is 0 Å². The van der Waals surface area contributed by atoms with Crippen LogP contribution in [0.2, 0.25) is 0 Å². The average Bonchev–Trinajstić information content (AvgIpc) is 3.01. The van der Waals surface area contributed by atoms with E-state index < -0.39 is 0 Å². The van der Waals surface area contributed by atoms with Crippen LogP contribution in [0.15, 0.2) is 41.1 Å². The minimum absolute atomic E-state index is 0.118. The highest BCUT2D eigenvalue weighted by Gasteiger charge is 2.09. The second-order valence-corrected chi connectivity index (χ2v) is 5.52. The third kappa shape index (κ3) is 1.98. The fourth-order valence-corrected chi connectivity index (χ4v) is 3.25. The van der Waals surface area contributed by atoms with Crippen LogP contribution in [-0.4, -0.2) is 15.2 Å². The van der Waals surface area contributed by atoms with Crippen molar-refractivity contribution in [3.63, 3.8) is 0 Å². The summed E-state index contributed by atoms with van der Waals surface area (Å²) < 4.78 is 0. The molecule has 0 amide bonds. The van der Waals surface area contributed by atoms with Crippen LogP contribution in [0, 0.1) is 0 Å². The van der Waals surface area contributed by atoms with Crippen molar-refractivity contribution < 1.29 is 10.2 Å². The second-order valence-electron chi connectivity index (χ2n) is 3.72. The zero-order valence-corrected chi connectivity index (χ0v) is 10.8. The molecule has 0 fully saturated rings. The first-order valence-electron chi connectivity index (χ1n) is 5.26. The monoisotopic (exact) mass is 275 g/mol. The van der Waals surface area contributed by atoms with Crippen LogP contribution >= 0.6 is 22.7 Å². The van der Waals surface area contributed by atoms with Gasteiger partial charge >= 0.3 is 0 Å². The third-order valence-corrected chi connectivity index (χ3v) is 4.39. The maximum Gasteiger partial charge on any atom is 0.158 e. The summed E-state index contributed by atoms with van der Waals surface area (Å²) in [5, 5.41) is 23.7. The Hall–Kier alpha value is -1.85. The maximum atomic E-state index is 9.48. The minimum atomic E-state index is -0.127. The van der Waals surface area contributed by atoms with Crippen LogP contribution in [0.4, 0.5) is 0 Å². The average molecular weight is 275 g/mol. The molecule has 0 unspecified atom stereocenters. The predicted octanol–water partition coefficient (Wildman–Crippen LogP) is 3.95. The van der Waals surface area contributed by atoms with Crippen LogP contribution in [0.25, 0.3) is 21.1 Å². The van der Waals surface area contributed by atoms with E-state index in [1.54, 1.807) is 28.7 Å². The largest absolute Gasteiger partial charge is 0.504 e. The van der Waals surface area contributed by atoms with Gasteiger partial charge in [0.25, 0.3) is 0 Å². The normalized spacial score (nSPS) is 10.7. The fraction of sp³-hybridized carbons (Fsp3) is 0. The van der Waals surface area contributed by atoms with Crippen LogP contribution in [0.3, 0.4) is 0 Å². The summed E-state index contributed by atoms with van der Waals surface area (Å²) in [6, 6.07) is 8.74. The highest BCUT2D eigenvalue weighted by molar-refractivity contribution is 7.20. The van der Waals surface area contributed by atoms with Gasteiger partial charge in [-0.05, 0) is 29.6 Å². The molecule has 0 saturated heterocycles. The van der Waals surface area contributed by atoms with E-state index in [2.05, 4.69) is 4.98 Å². The SMILES string of the molecule is Oc1ccc(-c2csc(-c3cccs3)n2)cc1O. The number of thiophene rings is 1. The number of thiazole rings is 1. The van der Waals surface area contributed by atoms with Gasteiger partial charge in [0, 0.05) is 10.9 Å². The lowest BCUT2D eigenvalue weighted by atomic mass is 10.1. The lowest BCUT2D eigenvalue weighted by molar-refractivity contribution is 0.404. The van der Waals surface area contributed by atoms with Crippen molar-refractivity contribution in [3.8, 4) is 32.6 Å². The first-order valence-corrected chi connectivity index (χ1v) is 7.02. The molecular weight excluding hydrogens is 266 g/mol. The van der Waals surface area contributed by atoms with Gasteiger partial charge in [0.15, 0.2) is 11.5 Å². The Balaban J connectivity index is 2.00. The molecule has 2 heterocycles. The van der Waals surface area contributed by atoms with Crippen molar-refractivity contribution in [2.75, 3.05) is 0 Å². The fourth-order valence-electron chi connectivity index (χ4n) is 1.60. The van der Waals surface area contributed by atoms with Crippen molar-refractivity contribution in [1.29, 1.82) is 0 Å². The topological polar surface area (TPSA) is 53.4 Å². The zero-order chi connectivity index (χ0) is 12.5. The molecule has 0 aliphatic carbocycles. The molecule has 0 atom stereocenters. The van der Waals surface area contributed by atoms with Gasteiger partial charge in [0.2, 0.25) is 0 Å². The summed E-state index contributed by atoms with van der Waals surface area (Å²) in [6.07, 6.45) is 0. The van der Waals surface area contributed by atoms with E-state index in [9.17, 15) is 10.2 Å². The number of hydrogen-bond donors (Lipinski definition) is 2. The Morgan fingerprint density at radius 1 is 1.00 bits per heavy atom. The molecule has 0 saturated carbocycles. The van der Waals surface area contributed by atoms with Gasteiger partial charge in [0.05, 0.1) is 10.6 Å². The van der Waals surface area contributed by atoms with Gasteiger partial charge in [-0.15, -0.1) is 22.7 Å². The van der Waals surface area contributed by atoms with Crippen molar-refractivity contribution >= 4 is 22.7 Å². The molecule has 3 rings (SSSR count). The van der Waals surface area contributed by atoms with E-state index in [0.717, 1.165) is 21.1 Å². The van der Waals surface area contributed by atoms with Gasteiger partial charge in [-0.25, -0.2) is 4.98 Å². The Labute approximate surface area is 112 Å². The number of benzene rings is 1. The molecule has 2 N–H and O–H groups in total. The smallest absolute Gasteiger partial charge is 0.158 e. The molecule has 0 aliphatic rings. The van der Waals surface area contributed by atoms with Crippen molar-refractivity contribution in [2.24, 2.45) is 0 Å². The number of hydrogen-bond acceptors (Lipinski definition) is 5. The van der Waals surface area contributed by atoms with Crippen LogP contribution < -0.4 is 0 Å². The van der Waals surface area contributed by atoms with E-state index >= 15 is 0 Å². The van der Waals surface area contributed by atoms with E-state index in [0.29, 0.717) is 0 Å². The molecule has 1 aromatic carbocycles. The van der Waals surface area contributed by atoms with Crippen LogP contribution in [0.1, 0.15) is 0 Å². The summed E-state index contributed by atoms with van der Waals surface area (Å²) in [7, 11) is 0. The number of phenols is 2. The van der Waals surface area contributed by atoms with Crippen molar-refractivity contribution in [1.82, 2.24) is 4.98 Å². The summed E-state index contributed by atoms with van der Waals surface area (Å²) >= 11 is 3.22. The predicted molar refractivity (Wildman–Crippen MR) is 74.2 cm³/mol. The zero-order valence-electron chi connectivity index (χ0n) is 9.20. The lowest BCUT2D eigenvalue weighted by Gasteiger charge is -2.00. The van der Waals surface area contributed by atoms with Gasteiger partial charge in [-0.2, -0.15) is 0 Å². The quantitative estimate of drug-likeness (QED) is 0.696. The van der Waals surface area contributed by atoms with Gasteiger partial charge in [-0.1, -0.05) is 6.07 Å². The summed E-state index contributed by atoms with van der Waals surface area (Å²) in [5.74, 6) is -0.245.